The molecule has 0 spiro atoms. The first-order valence-electron chi connectivity index (χ1n) is 6.56. The van der Waals surface area contributed by atoms with Gasteiger partial charge in [-0.05, 0) is 29.8 Å². The van der Waals surface area contributed by atoms with Crippen LogP contribution in [0, 0.1) is 0 Å². The van der Waals surface area contributed by atoms with Crippen molar-refractivity contribution in [1.29, 1.82) is 0 Å². The van der Waals surface area contributed by atoms with Crippen molar-refractivity contribution in [3.63, 3.8) is 0 Å². The van der Waals surface area contributed by atoms with Crippen LogP contribution in [0.1, 0.15) is 15.9 Å². The van der Waals surface area contributed by atoms with Gasteiger partial charge in [0, 0.05) is 10.6 Å². The lowest BCUT2D eigenvalue weighted by atomic mass is 10.2. The number of carbonyl (C=O) groups is 2. The van der Waals surface area contributed by atoms with Crippen LogP contribution in [-0.4, -0.2) is 24.6 Å². The number of nitrogens with one attached hydrogen (secondary N) is 2. The molecule has 22 heavy (non-hydrogen) atoms. The molecule has 0 atom stereocenters. The van der Waals surface area contributed by atoms with Gasteiger partial charge in [-0.2, -0.15) is 5.10 Å². The second kappa shape index (κ2) is 7.95. The Morgan fingerprint density at radius 1 is 1.05 bits per heavy atom. The van der Waals surface area contributed by atoms with E-state index in [4.69, 9.17) is 11.6 Å². The normalized spacial score (nSPS) is 10.4. The molecular weight excluding hydrogens is 302 g/mol. The van der Waals surface area contributed by atoms with Gasteiger partial charge in [0.05, 0.1) is 12.8 Å². The second-order valence-electron chi connectivity index (χ2n) is 4.39. The third-order valence-electron chi connectivity index (χ3n) is 2.72. The van der Waals surface area contributed by atoms with Gasteiger partial charge in [0.25, 0.3) is 11.8 Å². The molecule has 0 bridgehead atoms. The molecule has 0 saturated heterocycles. The molecule has 6 heteroatoms. The molecule has 112 valence electrons. The van der Waals surface area contributed by atoms with Crippen LogP contribution in [0.4, 0.5) is 0 Å². The lowest BCUT2D eigenvalue weighted by Crippen LogP contribution is -2.34. The van der Waals surface area contributed by atoms with Crippen molar-refractivity contribution in [1.82, 2.24) is 10.7 Å². The Labute approximate surface area is 133 Å². The van der Waals surface area contributed by atoms with Gasteiger partial charge in [0.15, 0.2) is 0 Å². The summed E-state index contributed by atoms with van der Waals surface area (Å²) in [6, 6.07) is 15.7. The first kappa shape index (κ1) is 15.7. The van der Waals surface area contributed by atoms with E-state index >= 15 is 0 Å². The van der Waals surface area contributed by atoms with E-state index in [9.17, 15) is 9.59 Å². The molecule has 0 aromatic heterocycles. The van der Waals surface area contributed by atoms with E-state index in [1.54, 1.807) is 48.5 Å². The van der Waals surface area contributed by atoms with Crippen LogP contribution in [-0.2, 0) is 4.79 Å². The van der Waals surface area contributed by atoms with Crippen LogP contribution in [0.25, 0.3) is 0 Å². The Kier molecular flexibility index (Phi) is 5.68. The van der Waals surface area contributed by atoms with Crippen LogP contribution in [0.2, 0.25) is 5.02 Å². The zero-order valence-corrected chi connectivity index (χ0v) is 12.4. The molecule has 0 radical (unpaired) electrons. The molecule has 2 N–H and O–H groups in total. The van der Waals surface area contributed by atoms with Gasteiger partial charge in [-0.25, -0.2) is 5.43 Å². The molecule has 0 heterocycles. The number of halogens is 1. The summed E-state index contributed by atoms with van der Waals surface area (Å²) in [4.78, 5) is 23.3. The summed E-state index contributed by atoms with van der Waals surface area (Å²) in [5.74, 6) is -0.716. The van der Waals surface area contributed by atoms with E-state index in [-0.39, 0.29) is 12.5 Å². The summed E-state index contributed by atoms with van der Waals surface area (Å²) >= 11 is 5.76. The van der Waals surface area contributed by atoms with Gasteiger partial charge in [-0.3, -0.25) is 9.59 Å². The maximum Gasteiger partial charge on any atom is 0.259 e. The third kappa shape index (κ3) is 5.03. The Morgan fingerprint density at radius 2 is 1.73 bits per heavy atom. The minimum absolute atomic E-state index is 0.147. The zero-order valence-electron chi connectivity index (χ0n) is 11.6. The summed E-state index contributed by atoms with van der Waals surface area (Å²) in [5, 5.41) is 6.94. The molecule has 0 saturated carbocycles. The molecule has 0 aliphatic heterocycles. The molecule has 0 aliphatic carbocycles. The van der Waals surface area contributed by atoms with Crippen molar-refractivity contribution < 1.29 is 9.59 Å². The lowest BCUT2D eigenvalue weighted by Gasteiger charge is -2.03. The van der Waals surface area contributed by atoms with Crippen molar-refractivity contribution in [2.45, 2.75) is 0 Å². The third-order valence-corrected chi connectivity index (χ3v) is 2.97. The van der Waals surface area contributed by atoms with Crippen LogP contribution >= 0.6 is 11.6 Å². The monoisotopic (exact) mass is 315 g/mol. The number of rotatable bonds is 5. The fourth-order valence-electron chi connectivity index (χ4n) is 1.62. The number of amides is 2. The fourth-order valence-corrected chi connectivity index (χ4v) is 1.75. The van der Waals surface area contributed by atoms with E-state index in [1.807, 2.05) is 6.07 Å². The molecule has 2 amide bonds. The number of benzene rings is 2. The molecule has 5 nitrogen and oxygen atoms in total. The Morgan fingerprint density at radius 3 is 2.41 bits per heavy atom. The molecule has 2 aromatic carbocycles. The summed E-state index contributed by atoms with van der Waals surface area (Å²) in [6.07, 6.45) is 1.49. The highest BCUT2D eigenvalue weighted by molar-refractivity contribution is 6.30. The summed E-state index contributed by atoms with van der Waals surface area (Å²) < 4.78 is 0. The van der Waals surface area contributed by atoms with Crippen LogP contribution in [0.3, 0.4) is 0 Å². The van der Waals surface area contributed by atoms with Crippen LogP contribution in [0.15, 0.2) is 59.7 Å². The van der Waals surface area contributed by atoms with Gasteiger partial charge in [0.2, 0.25) is 0 Å². The minimum atomic E-state index is -0.408. The highest BCUT2D eigenvalue weighted by Crippen LogP contribution is 2.07. The molecular formula is C16H14ClN3O2. The average Bonchev–Trinajstić information content (AvgIpc) is 2.55. The Hall–Kier alpha value is -2.66. The first-order valence-corrected chi connectivity index (χ1v) is 6.93. The van der Waals surface area contributed by atoms with Crippen molar-refractivity contribution >= 4 is 29.6 Å². The highest BCUT2D eigenvalue weighted by atomic mass is 35.5. The number of carbonyl (C=O) groups excluding carboxylic acids is 2. The quantitative estimate of drug-likeness (QED) is 0.656. The number of hydrazone groups is 1. The van der Waals surface area contributed by atoms with Crippen molar-refractivity contribution in [2.24, 2.45) is 5.10 Å². The Balaban J connectivity index is 1.76. The highest BCUT2D eigenvalue weighted by Gasteiger charge is 2.06. The van der Waals surface area contributed by atoms with Crippen molar-refractivity contribution in [2.75, 3.05) is 6.54 Å². The van der Waals surface area contributed by atoms with E-state index < -0.39 is 5.91 Å². The first-order chi connectivity index (χ1) is 10.6. The molecule has 0 fully saturated rings. The topological polar surface area (TPSA) is 70.6 Å². The Bertz CT molecular complexity index is 670. The molecule has 0 unspecified atom stereocenters. The van der Waals surface area contributed by atoms with Gasteiger partial charge >= 0.3 is 0 Å². The maximum absolute atomic E-state index is 11.7. The summed E-state index contributed by atoms with van der Waals surface area (Å²) in [5.41, 5.74) is 3.64. The van der Waals surface area contributed by atoms with Crippen LogP contribution < -0.4 is 10.7 Å². The van der Waals surface area contributed by atoms with Gasteiger partial charge in [-0.15, -0.1) is 0 Å². The minimum Gasteiger partial charge on any atom is -0.343 e. The number of hydrogen-bond acceptors (Lipinski definition) is 3. The molecule has 0 aliphatic rings. The largest absolute Gasteiger partial charge is 0.343 e. The van der Waals surface area contributed by atoms with Gasteiger partial charge < -0.3 is 5.32 Å². The smallest absolute Gasteiger partial charge is 0.259 e. The zero-order chi connectivity index (χ0) is 15.8. The van der Waals surface area contributed by atoms with E-state index in [0.29, 0.717) is 10.6 Å². The van der Waals surface area contributed by atoms with Crippen LogP contribution in [0.5, 0.6) is 0 Å². The molecule has 2 aromatic rings. The second-order valence-corrected chi connectivity index (χ2v) is 4.83. The standard InChI is InChI=1S/C16H14ClN3O2/c17-14-8-6-12(7-9-14)10-19-20-15(21)11-18-16(22)13-4-2-1-3-5-13/h1-10H,11H2,(H,18,22)(H,20,21)/b19-10-. The number of hydrogen-bond donors (Lipinski definition) is 2. The predicted molar refractivity (Wildman–Crippen MR) is 86.0 cm³/mol. The fraction of sp³-hybridized carbons (Fsp3) is 0.0625. The summed E-state index contributed by atoms with van der Waals surface area (Å²) in [7, 11) is 0. The predicted octanol–water partition coefficient (Wildman–Crippen LogP) is 2.22. The molecule has 2 rings (SSSR count). The summed E-state index contributed by atoms with van der Waals surface area (Å²) in [6.45, 7) is -0.147. The van der Waals surface area contributed by atoms with E-state index in [1.165, 1.54) is 6.21 Å². The van der Waals surface area contributed by atoms with Crippen molar-refractivity contribution in [3.8, 4) is 0 Å². The van der Waals surface area contributed by atoms with E-state index in [2.05, 4.69) is 15.8 Å². The SMILES string of the molecule is O=C(CNC(=O)c1ccccc1)N/N=C\c1ccc(Cl)cc1. The van der Waals surface area contributed by atoms with E-state index in [0.717, 1.165) is 5.56 Å². The van der Waals surface area contributed by atoms with Gasteiger partial charge in [0.1, 0.15) is 0 Å². The maximum atomic E-state index is 11.7. The van der Waals surface area contributed by atoms with Crippen molar-refractivity contribution in [3.05, 3.63) is 70.7 Å². The number of nitrogens with zero attached hydrogens (tertiary/aromatic N) is 1. The average molecular weight is 316 g/mol. The lowest BCUT2D eigenvalue weighted by molar-refractivity contribution is -0.120. The van der Waals surface area contributed by atoms with Gasteiger partial charge in [-0.1, -0.05) is 41.9 Å².